The molecule has 4 nitrogen and oxygen atoms in total. The highest BCUT2D eigenvalue weighted by molar-refractivity contribution is 7.19. The van der Waals surface area contributed by atoms with Gasteiger partial charge in [-0.25, -0.2) is 15.8 Å². The van der Waals surface area contributed by atoms with Crippen molar-refractivity contribution in [2.24, 2.45) is 11.3 Å². The maximum atomic E-state index is 5.73. The standard InChI is InChI=1S/C15H20N4S/c1-15(2)7-9(15)12-17-13(19-16)11-8-5-3-4-6-10(8)20-14(11)18-12/h9H,3-7,16H2,1-2H3,(H,17,18,19). The molecule has 0 spiro atoms. The lowest BCUT2D eigenvalue weighted by atomic mass is 9.97. The van der Waals surface area contributed by atoms with Gasteiger partial charge in [-0.3, -0.25) is 0 Å². The van der Waals surface area contributed by atoms with Gasteiger partial charge < -0.3 is 5.43 Å². The van der Waals surface area contributed by atoms with Gasteiger partial charge in [0.05, 0.1) is 5.39 Å². The third kappa shape index (κ3) is 1.76. The number of aryl methyl sites for hydroxylation is 2. The second-order valence-corrected chi connectivity index (χ2v) is 7.79. The van der Waals surface area contributed by atoms with Gasteiger partial charge in [-0.15, -0.1) is 11.3 Å². The number of nitrogen functional groups attached to an aromatic ring is 1. The van der Waals surface area contributed by atoms with Gasteiger partial charge in [0.25, 0.3) is 0 Å². The van der Waals surface area contributed by atoms with Crippen molar-refractivity contribution in [3.63, 3.8) is 0 Å². The Morgan fingerprint density at radius 2 is 2.00 bits per heavy atom. The largest absolute Gasteiger partial charge is 0.308 e. The molecule has 1 saturated carbocycles. The first kappa shape index (κ1) is 12.5. The molecule has 4 rings (SSSR count). The molecule has 2 aromatic heterocycles. The Hall–Kier alpha value is -1.20. The van der Waals surface area contributed by atoms with E-state index in [0.29, 0.717) is 11.3 Å². The number of hydrogen-bond acceptors (Lipinski definition) is 5. The van der Waals surface area contributed by atoms with Crippen molar-refractivity contribution in [2.75, 3.05) is 5.43 Å². The molecule has 3 N–H and O–H groups in total. The number of hydrazine groups is 1. The average Bonchev–Trinajstić information content (AvgIpc) is 2.93. The fourth-order valence-electron chi connectivity index (χ4n) is 3.34. The van der Waals surface area contributed by atoms with Crippen LogP contribution in [-0.2, 0) is 12.8 Å². The van der Waals surface area contributed by atoms with Crippen LogP contribution in [0.5, 0.6) is 0 Å². The topological polar surface area (TPSA) is 63.8 Å². The fraction of sp³-hybridized carbons (Fsp3) is 0.600. The normalized spacial score (nSPS) is 23.6. The number of rotatable bonds is 2. The molecule has 0 aliphatic heterocycles. The van der Waals surface area contributed by atoms with Crippen molar-refractivity contribution in [3.8, 4) is 0 Å². The number of hydrogen-bond donors (Lipinski definition) is 2. The Bertz CT molecular complexity index is 689. The van der Waals surface area contributed by atoms with Gasteiger partial charge in [0, 0.05) is 10.8 Å². The summed E-state index contributed by atoms with van der Waals surface area (Å²) < 4.78 is 0. The van der Waals surface area contributed by atoms with Crippen LogP contribution in [0, 0.1) is 5.41 Å². The number of nitrogens with two attached hydrogens (primary N) is 1. The zero-order valence-electron chi connectivity index (χ0n) is 12.0. The maximum absolute atomic E-state index is 5.73. The molecule has 5 heteroatoms. The number of thiophene rings is 1. The fourth-order valence-corrected chi connectivity index (χ4v) is 4.61. The Morgan fingerprint density at radius 3 is 2.70 bits per heavy atom. The summed E-state index contributed by atoms with van der Waals surface area (Å²) in [5.41, 5.74) is 4.59. The third-order valence-electron chi connectivity index (χ3n) is 4.79. The lowest BCUT2D eigenvalue weighted by Gasteiger charge is -2.12. The van der Waals surface area contributed by atoms with Crippen molar-refractivity contribution in [1.29, 1.82) is 0 Å². The third-order valence-corrected chi connectivity index (χ3v) is 5.98. The van der Waals surface area contributed by atoms with Crippen LogP contribution in [0.25, 0.3) is 10.2 Å². The number of anilines is 1. The van der Waals surface area contributed by atoms with Crippen LogP contribution < -0.4 is 11.3 Å². The van der Waals surface area contributed by atoms with E-state index in [9.17, 15) is 0 Å². The van der Waals surface area contributed by atoms with E-state index in [1.54, 1.807) is 0 Å². The molecule has 0 saturated heterocycles. The van der Waals surface area contributed by atoms with Crippen molar-refractivity contribution in [1.82, 2.24) is 9.97 Å². The summed E-state index contributed by atoms with van der Waals surface area (Å²) in [4.78, 5) is 12.2. The lowest BCUT2D eigenvalue weighted by molar-refractivity contribution is 0.610. The average molecular weight is 288 g/mol. The van der Waals surface area contributed by atoms with Crippen LogP contribution in [-0.4, -0.2) is 9.97 Å². The van der Waals surface area contributed by atoms with Crippen molar-refractivity contribution in [2.45, 2.75) is 51.9 Å². The highest BCUT2D eigenvalue weighted by Gasteiger charge is 2.49. The molecule has 0 amide bonds. The van der Waals surface area contributed by atoms with E-state index in [1.165, 1.54) is 41.5 Å². The molecular weight excluding hydrogens is 268 g/mol. The first-order valence-corrected chi connectivity index (χ1v) is 8.20. The molecule has 0 aromatic carbocycles. The van der Waals surface area contributed by atoms with E-state index in [2.05, 4.69) is 19.3 Å². The maximum Gasteiger partial charge on any atom is 0.152 e. The van der Waals surface area contributed by atoms with Crippen LogP contribution >= 0.6 is 11.3 Å². The van der Waals surface area contributed by atoms with Gasteiger partial charge in [-0.05, 0) is 43.1 Å². The number of fused-ring (bicyclic) bond motifs is 3. The molecule has 0 bridgehead atoms. The van der Waals surface area contributed by atoms with Crippen LogP contribution in [0.1, 0.15) is 55.3 Å². The second-order valence-electron chi connectivity index (χ2n) is 6.71. The van der Waals surface area contributed by atoms with Gasteiger partial charge in [0.1, 0.15) is 10.7 Å². The minimum Gasteiger partial charge on any atom is -0.308 e. The summed E-state index contributed by atoms with van der Waals surface area (Å²) >= 11 is 1.84. The minimum atomic E-state index is 0.344. The number of nitrogens with one attached hydrogen (secondary N) is 1. The zero-order valence-corrected chi connectivity index (χ0v) is 12.8. The molecule has 2 aliphatic rings. The summed E-state index contributed by atoms with van der Waals surface area (Å²) in [5, 5.41) is 1.18. The van der Waals surface area contributed by atoms with Crippen molar-refractivity contribution in [3.05, 3.63) is 16.3 Å². The summed E-state index contributed by atoms with van der Waals surface area (Å²) in [5.74, 6) is 8.01. The molecule has 2 aromatic rings. The Balaban J connectivity index is 1.90. The van der Waals surface area contributed by atoms with E-state index < -0.39 is 0 Å². The number of nitrogens with zero attached hydrogens (tertiary/aromatic N) is 2. The van der Waals surface area contributed by atoms with E-state index in [1.807, 2.05) is 11.3 Å². The molecule has 106 valence electrons. The van der Waals surface area contributed by atoms with Gasteiger partial charge in [-0.1, -0.05) is 13.8 Å². The lowest BCUT2D eigenvalue weighted by Crippen LogP contribution is -2.12. The molecule has 0 radical (unpaired) electrons. The zero-order chi connectivity index (χ0) is 13.9. The first-order chi connectivity index (χ1) is 9.60. The quantitative estimate of drug-likeness (QED) is 0.657. The smallest absolute Gasteiger partial charge is 0.152 e. The minimum absolute atomic E-state index is 0.344. The van der Waals surface area contributed by atoms with E-state index in [0.717, 1.165) is 22.9 Å². The molecule has 1 atom stereocenters. The highest BCUT2D eigenvalue weighted by atomic mass is 32.1. The van der Waals surface area contributed by atoms with Crippen LogP contribution in [0.15, 0.2) is 0 Å². The molecule has 1 unspecified atom stereocenters. The van der Waals surface area contributed by atoms with E-state index in [-0.39, 0.29) is 0 Å². The monoisotopic (exact) mass is 288 g/mol. The van der Waals surface area contributed by atoms with Crippen LogP contribution in [0.4, 0.5) is 5.82 Å². The van der Waals surface area contributed by atoms with Crippen molar-refractivity contribution >= 4 is 27.4 Å². The van der Waals surface area contributed by atoms with Gasteiger partial charge in [0.15, 0.2) is 5.82 Å². The number of aromatic nitrogens is 2. The van der Waals surface area contributed by atoms with E-state index >= 15 is 0 Å². The Morgan fingerprint density at radius 1 is 1.25 bits per heavy atom. The molecule has 20 heavy (non-hydrogen) atoms. The van der Waals surface area contributed by atoms with Gasteiger partial charge in [-0.2, -0.15) is 0 Å². The highest BCUT2D eigenvalue weighted by Crippen LogP contribution is 2.58. The van der Waals surface area contributed by atoms with E-state index in [4.69, 9.17) is 15.8 Å². The molecule has 2 heterocycles. The predicted molar refractivity (Wildman–Crippen MR) is 83.0 cm³/mol. The molecule has 1 fully saturated rings. The van der Waals surface area contributed by atoms with Crippen LogP contribution in [0.3, 0.4) is 0 Å². The summed E-state index contributed by atoms with van der Waals surface area (Å²) in [6.45, 7) is 4.56. The molecular formula is C15H20N4S. The van der Waals surface area contributed by atoms with Gasteiger partial charge >= 0.3 is 0 Å². The second kappa shape index (κ2) is 4.15. The van der Waals surface area contributed by atoms with Crippen molar-refractivity contribution < 1.29 is 0 Å². The SMILES string of the molecule is CC1(C)CC1c1nc(NN)c2c3c(sc2n1)CCCC3. The Kier molecular flexibility index (Phi) is 2.60. The Labute approximate surface area is 122 Å². The summed E-state index contributed by atoms with van der Waals surface area (Å²) in [6.07, 6.45) is 6.06. The summed E-state index contributed by atoms with van der Waals surface area (Å²) in [7, 11) is 0. The predicted octanol–water partition coefficient (Wildman–Crippen LogP) is 3.37. The van der Waals surface area contributed by atoms with Gasteiger partial charge in [0.2, 0.25) is 0 Å². The first-order valence-electron chi connectivity index (χ1n) is 7.39. The molecule has 2 aliphatic carbocycles. The summed E-state index contributed by atoms with van der Waals surface area (Å²) in [6, 6.07) is 0. The van der Waals surface area contributed by atoms with Crippen LogP contribution in [0.2, 0.25) is 0 Å².